The smallest absolute Gasteiger partial charge is 0.275 e. The van der Waals surface area contributed by atoms with E-state index in [1.165, 1.54) is 0 Å². The van der Waals surface area contributed by atoms with Crippen molar-refractivity contribution >= 4 is 16.6 Å². The number of para-hydroxylation sites is 2. The Labute approximate surface area is 120 Å². The van der Waals surface area contributed by atoms with E-state index >= 15 is 0 Å². The molecule has 0 aliphatic rings. The van der Waals surface area contributed by atoms with Gasteiger partial charge in [0.1, 0.15) is 17.0 Å². The summed E-state index contributed by atoms with van der Waals surface area (Å²) < 4.78 is 1.93. The summed E-state index contributed by atoms with van der Waals surface area (Å²) in [6, 6.07) is 17.5. The van der Waals surface area contributed by atoms with E-state index in [1.807, 2.05) is 65.9 Å². The second-order valence-corrected chi connectivity index (χ2v) is 5.03. The van der Waals surface area contributed by atoms with Gasteiger partial charge in [-0.3, -0.25) is 9.20 Å². The fourth-order valence-electron chi connectivity index (χ4n) is 2.79. The lowest BCUT2D eigenvalue weighted by atomic mass is 10.1. The minimum absolute atomic E-state index is 0.117. The summed E-state index contributed by atoms with van der Waals surface area (Å²) in [6.07, 6.45) is 0. The van der Waals surface area contributed by atoms with Gasteiger partial charge in [0.15, 0.2) is 0 Å². The summed E-state index contributed by atoms with van der Waals surface area (Å²) in [5, 5.41) is 0. The fourth-order valence-corrected chi connectivity index (χ4v) is 2.79. The SMILES string of the molecule is Cc1nc(-c2ccccc2)c2c(=O)[nH]c3ccccc3n12. The van der Waals surface area contributed by atoms with E-state index in [-0.39, 0.29) is 5.56 Å². The van der Waals surface area contributed by atoms with Gasteiger partial charge in [0.2, 0.25) is 0 Å². The summed E-state index contributed by atoms with van der Waals surface area (Å²) in [5.74, 6) is 0.811. The van der Waals surface area contributed by atoms with E-state index in [0.29, 0.717) is 5.52 Å². The molecule has 0 aliphatic carbocycles. The number of nitrogens with one attached hydrogen (secondary N) is 1. The first-order chi connectivity index (χ1) is 10.3. The van der Waals surface area contributed by atoms with Gasteiger partial charge in [0, 0.05) is 5.56 Å². The minimum Gasteiger partial charge on any atom is -0.319 e. The van der Waals surface area contributed by atoms with Crippen LogP contribution >= 0.6 is 0 Å². The summed E-state index contributed by atoms with van der Waals surface area (Å²) in [7, 11) is 0. The molecule has 0 radical (unpaired) electrons. The van der Waals surface area contributed by atoms with Crippen LogP contribution in [-0.2, 0) is 0 Å². The maximum atomic E-state index is 12.5. The zero-order chi connectivity index (χ0) is 14.4. The molecule has 4 rings (SSSR count). The van der Waals surface area contributed by atoms with Crippen molar-refractivity contribution in [3.05, 3.63) is 70.8 Å². The van der Waals surface area contributed by atoms with Crippen molar-refractivity contribution in [3.63, 3.8) is 0 Å². The molecular formula is C17H13N3O. The van der Waals surface area contributed by atoms with Crippen LogP contribution in [0.3, 0.4) is 0 Å². The molecule has 0 unspecified atom stereocenters. The van der Waals surface area contributed by atoms with E-state index < -0.39 is 0 Å². The number of H-pyrrole nitrogens is 1. The molecule has 0 saturated heterocycles. The molecule has 0 spiro atoms. The predicted molar refractivity (Wildman–Crippen MR) is 83.5 cm³/mol. The van der Waals surface area contributed by atoms with Gasteiger partial charge in [-0.15, -0.1) is 0 Å². The van der Waals surface area contributed by atoms with Gasteiger partial charge in [0.05, 0.1) is 11.0 Å². The third kappa shape index (κ3) is 1.69. The molecule has 21 heavy (non-hydrogen) atoms. The molecule has 0 aliphatic heterocycles. The van der Waals surface area contributed by atoms with Crippen LogP contribution in [0.5, 0.6) is 0 Å². The molecule has 102 valence electrons. The largest absolute Gasteiger partial charge is 0.319 e. The van der Waals surface area contributed by atoms with Gasteiger partial charge in [-0.2, -0.15) is 0 Å². The van der Waals surface area contributed by atoms with Gasteiger partial charge in [0.25, 0.3) is 5.56 Å². The van der Waals surface area contributed by atoms with E-state index in [2.05, 4.69) is 9.97 Å². The fraction of sp³-hybridized carbons (Fsp3) is 0.0588. The zero-order valence-corrected chi connectivity index (χ0v) is 11.5. The van der Waals surface area contributed by atoms with Crippen molar-refractivity contribution in [2.75, 3.05) is 0 Å². The number of imidazole rings is 1. The summed E-state index contributed by atoms with van der Waals surface area (Å²) in [6.45, 7) is 1.92. The monoisotopic (exact) mass is 275 g/mol. The van der Waals surface area contributed by atoms with Crippen LogP contribution < -0.4 is 5.56 Å². The number of aromatic amines is 1. The predicted octanol–water partition coefficient (Wildman–Crippen LogP) is 3.15. The molecule has 0 atom stereocenters. The van der Waals surface area contributed by atoms with E-state index in [4.69, 9.17) is 0 Å². The van der Waals surface area contributed by atoms with Gasteiger partial charge in [-0.05, 0) is 19.1 Å². The highest BCUT2D eigenvalue weighted by atomic mass is 16.1. The van der Waals surface area contributed by atoms with Crippen molar-refractivity contribution in [1.82, 2.24) is 14.4 Å². The third-order valence-corrected chi connectivity index (χ3v) is 3.70. The Morgan fingerprint density at radius 2 is 1.71 bits per heavy atom. The molecule has 0 amide bonds. The Morgan fingerprint density at radius 1 is 1.00 bits per heavy atom. The second kappa shape index (κ2) is 4.31. The molecule has 0 fully saturated rings. The molecule has 4 nitrogen and oxygen atoms in total. The molecule has 2 heterocycles. The number of benzene rings is 2. The van der Waals surface area contributed by atoms with Crippen molar-refractivity contribution in [2.24, 2.45) is 0 Å². The van der Waals surface area contributed by atoms with Crippen LogP contribution in [0.15, 0.2) is 59.4 Å². The standard InChI is InChI=1S/C17H13N3O/c1-11-18-15(12-7-3-2-4-8-12)16-17(21)19-13-9-5-6-10-14(13)20(11)16/h2-10H,1H3,(H,19,21). The molecule has 0 bridgehead atoms. The number of fused-ring (bicyclic) bond motifs is 3. The highest BCUT2D eigenvalue weighted by Gasteiger charge is 2.15. The molecular weight excluding hydrogens is 262 g/mol. The van der Waals surface area contributed by atoms with Gasteiger partial charge in [-0.1, -0.05) is 42.5 Å². The first kappa shape index (κ1) is 11.9. The second-order valence-electron chi connectivity index (χ2n) is 5.03. The number of aromatic nitrogens is 3. The summed E-state index contributed by atoms with van der Waals surface area (Å²) in [4.78, 5) is 20.0. The number of aryl methyl sites for hydroxylation is 1. The number of nitrogens with zero attached hydrogens (tertiary/aromatic N) is 2. The Morgan fingerprint density at radius 3 is 2.52 bits per heavy atom. The van der Waals surface area contributed by atoms with Crippen LogP contribution in [-0.4, -0.2) is 14.4 Å². The van der Waals surface area contributed by atoms with Gasteiger partial charge < -0.3 is 4.98 Å². The summed E-state index contributed by atoms with van der Waals surface area (Å²) >= 11 is 0. The van der Waals surface area contributed by atoms with Crippen LogP contribution in [0.1, 0.15) is 5.82 Å². The average molecular weight is 275 g/mol. The lowest BCUT2D eigenvalue weighted by Gasteiger charge is -2.03. The van der Waals surface area contributed by atoms with E-state index in [1.54, 1.807) is 0 Å². The molecule has 2 aromatic heterocycles. The topological polar surface area (TPSA) is 50.2 Å². The van der Waals surface area contributed by atoms with Crippen molar-refractivity contribution < 1.29 is 0 Å². The molecule has 4 aromatic rings. The summed E-state index contributed by atoms with van der Waals surface area (Å²) in [5.41, 5.74) is 3.92. The van der Waals surface area contributed by atoms with Crippen LogP contribution in [0.2, 0.25) is 0 Å². The number of rotatable bonds is 1. The molecule has 4 heteroatoms. The third-order valence-electron chi connectivity index (χ3n) is 3.70. The number of hydrogen-bond acceptors (Lipinski definition) is 2. The van der Waals surface area contributed by atoms with Crippen LogP contribution in [0.25, 0.3) is 27.8 Å². The van der Waals surface area contributed by atoms with E-state index in [0.717, 1.165) is 28.1 Å². The molecule has 1 N–H and O–H groups in total. The normalized spacial score (nSPS) is 11.3. The first-order valence-corrected chi connectivity index (χ1v) is 6.81. The number of hydrogen-bond donors (Lipinski definition) is 1. The zero-order valence-electron chi connectivity index (χ0n) is 11.5. The van der Waals surface area contributed by atoms with Crippen LogP contribution in [0.4, 0.5) is 0 Å². The van der Waals surface area contributed by atoms with Crippen molar-refractivity contribution in [1.29, 1.82) is 0 Å². The highest BCUT2D eigenvalue weighted by Crippen LogP contribution is 2.24. The van der Waals surface area contributed by atoms with Crippen molar-refractivity contribution in [2.45, 2.75) is 6.92 Å². The van der Waals surface area contributed by atoms with Crippen molar-refractivity contribution in [3.8, 4) is 11.3 Å². The van der Waals surface area contributed by atoms with Crippen LogP contribution in [0, 0.1) is 6.92 Å². The minimum atomic E-state index is -0.117. The lowest BCUT2D eigenvalue weighted by Crippen LogP contribution is -2.11. The lowest BCUT2D eigenvalue weighted by molar-refractivity contribution is 1.07. The Balaban J connectivity index is 2.22. The molecule has 0 saturated carbocycles. The maximum Gasteiger partial charge on any atom is 0.275 e. The quantitative estimate of drug-likeness (QED) is 0.580. The Bertz CT molecular complexity index is 1010. The van der Waals surface area contributed by atoms with E-state index in [9.17, 15) is 4.79 Å². The highest BCUT2D eigenvalue weighted by molar-refractivity contribution is 5.85. The maximum absolute atomic E-state index is 12.5. The Hall–Kier alpha value is -2.88. The molecule has 2 aromatic carbocycles. The average Bonchev–Trinajstić information content (AvgIpc) is 2.87. The Kier molecular flexibility index (Phi) is 2.44. The first-order valence-electron chi connectivity index (χ1n) is 6.81. The van der Waals surface area contributed by atoms with Gasteiger partial charge >= 0.3 is 0 Å². The van der Waals surface area contributed by atoms with Gasteiger partial charge in [-0.25, -0.2) is 4.98 Å².